The molecule has 0 bridgehead atoms. The van der Waals surface area contributed by atoms with Gasteiger partial charge >= 0.3 is 0 Å². The van der Waals surface area contributed by atoms with E-state index in [4.69, 9.17) is 0 Å². The summed E-state index contributed by atoms with van der Waals surface area (Å²) in [7, 11) is 1.73. The second-order valence-corrected chi connectivity index (χ2v) is 4.16. The molecule has 0 N–H and O–H groups in total. The Labute approximate surface area is 98.2 Å². The average Bonchev–Trinajstić information content (AvgIpc) is 2.33. The van der Waals surface area contributed by atoms with E-state index >= 15 is 0 Å². The van der Waals surface area contributed by atoms with Crippen molar-refractivity contribution in [2.45, 2.75) is 5.16 Å². The van der Waals surface area contributed by atoms with Crippen LogP contribution in [0.25, 0.3) is 11.3 Å². The lowest BCUT2D eigenvalue weighted by atomic mass is 10.1. The van der Waals surface area contributed by atoms with Gasteiger partial charge in [-0.1, -0.05) is 42.1 Å². The van der Waals surface area contributed by atoms with Gasteiger partial charge in [-0.3, -0.25) is 9.36 Å². The van der Waals surface area contributed by atoms with E-state index in [0.29, 0.717) is 0 Å². The molecular weight excluding hydrogens is 220 g/mol. The maximum Gasteiger partial charge on any atom is 0.254 e. The van der Waals surface area contributed by atoms with Crippen molar-refractivity contribution in [2.24, 2.45) is 7.05 Å². The van der Waals surface area contributed by atoms with Crippen LogP contribution >= 0.6 is 11.8 Å². The summed E-state index contributed by atoms with van der Waals surface area (Å²) in [6, 6.07) is 11.3. The Morgan fingerprint density at radius 3 is 2.56 bits per heavy atom. The molecule has 0 aliphatic carbocycles. The van der Waals surface area contributed by atoms with Crippen LogP contribution in [0.1, 0.15) is 0 Å². The van der Waals surface area contributed by atoms with Gasteiger partial charge in [0, 0.05) is 18.7 Å². The van der Waals surface area contributed by atoms with Crippen molar-refractivity contribution in [1.82, 2.24) is 9.55 Å². The molecule has 0 amide bonds. The largest absolute Gasteiger partial charge is 0.291 e. The number of nitrogens with zero attached hydrogens (tertiary/aromatic N) is 2. The molecule has 0 atom stereocenters. The van der Waals surface area contributed by atoms with Crippen LogP contribution in [0.4, 0.5) is 0 Å². The van der Waals surface area contributed by atoms with Gasteiger partial charge in [0.25, 0.3) is 5.56 Å². The summed E-state index contributed by atoms with van der Waals surface area (Å²) in [6.45, 7) is 0. The molecule has 0 fully saturated rings. The number of hydrogen-bond donors (Lipinski definition) is 0. The quantitative estimate of drug-likeness (QED) is 0.588. The molecule has 0 radical (unpaired) electrons. The minimum Gasteiger partial charge on any atom is -0.291 e. The van der Waals surface area contributed by atoms with Crippen LogP contribution in [-0.2, 0) is 7.05 Å². The summed E-state index contributed by atoms with van der Waals surface area (Å²) in [6.07, 6.45) is 1.91. The highest BCUT2D eigenvalue weighted by Crippen LogP contribution is 2.17. The molecule has 1 heterocycles. The fraction of sp³-hybridized carbons (Fsp3) is 0.167. The highest BCUT2D eigenvalue weighted by molar-refractivity contribution is 7.98. The third-order valence-corrected chi connectivity index (χ3v) is 3.08. The molecule has 0 unspecified atom stereocenters. The molecule has 0 aliphatic heterocycles. The van der Waals surface area contributed by atoms with Crippen molar-refractivity contribution in [3.05, 3.63) is 46.8 Å². The lowest BCUT2D eigenvalue weighted by molar-refractivity contribution is 0.712. The van der Waals surface area contributed by atoms with E-state index in [1.165, 1.54) is 11.8 Å². The average molecular weight is 232 g/mol. The number of rotatable bonds is 2. The van der Waals surface area contributed by atoms with E-state index in [2.05, 4.69) is 4.98 Å². The summed E-state index contributed by atoms with van der Waals surface area (Å²) >= 11 is 1.47. The van der Waals surface area contributed by atoms with Gasteiger partial charge in [-0.15, -0.1) is 0 Å². The first-order valence-corrected chi connectivity index (χ1v) is 6.12. The maximum absolute atomic E-state index is 11.7. The summed E-state index contributed by atoms with van der Waals surface area (Å²) in [5, 5.41) is 0.728. The number of aromatic nitrogens is 2. The van der Waals surface area contributed by atoms with Gasteiger partial charge in [-0.25, -0.2) is 4.98 Å². The Kier molecular flexibility index (Phi) is 3.10. The molecule has 4 heteroatoms. The summed E-state index contributed by atoms with van der Waals surface area (Å²) in [5.41, 5.74) is 1.67. The van der Waals surface area contributed by atoms with Crippen LogP contribution in [0, 0.1) is 0 Å². The van der Waals surface area contributed by atoms with Crippen LogP contribution in [0.3, 0.4) is 0 Å². The lowest BCUT2D eigenvalue weighted by Crippen LogP contribution is -2.18. The molecule has 82 valence electrons. The van der Waals surface area contributed by atoms with E-state index in [-0.39, 0.29) is 5.56 Å². The Morgan fingerprint density at radius 2 is 1.94 bits per heavy atom. The zero-order chi connectivity index (χ0) is 11.5. The van der Waals surface area contributed by atoms with Crippen molar-refractivity contribution >= 4 is 11.8 Å². The molecule has 0 spiro atoms. The van der Waals surface area contributed by atoms with E-state index in [0.717, 1.165) is 16.4 Å². The van der Waals surface area contributed by atoms with Crippen LogP contribution < -0.4 is 5.56 Å². The van der Waals surface area contributed by atoms with Gasteiger partial charge in [0.15, 0.2) is 5.16 Å². The number of benzene rings is 1. The molecule has 0 aliphatic rings. The van der Waals surface area contributed by atoms with Gasteiger partial charge < -0.3 is 0 Å². The van der Waals surface area contributed by atoms with Gasteiger partial charge in [0.1, 0.15) is 0 Å². The third-order valence-electron chi connectivity index (χ3n) is 2.35. The normalized spacial score (nSPS) is 10.4. The molecule has 0 saturated heterocycles. The first-order valence-electron chi connectivity index (χ1n) is 4.90. The molecule has 1 aromatic heterocycles. The maximum atomic E-state index is 11.7. The Balaban J connectivity index is 2.60. The van der Waals surface area contributed by atoms with Crippen molar-refractivity contribution in [1.29, 1.82) is 0 Å². The molecule has 3 nitrogen and oxygen atoms in total. The van der Waals surface area contributed by atoms with Gasteiger partial charge in [-0.05, 0) is 6.26 Å². The second-order valence-electron chi connectivity index (χ2n) is 3.39. The van der Waals surface area contributed by atoms with Crippen molar-refractivity contribution in [2.75, 3.05) is 6.26 Å². The Hall–Kier alpha value is -1.55. The predicted molar refractivity (Wildman–Crippen MR) is 66.7 cm³/mol. The lowest BCUT2D eigenvalue weighted by Gasteiger charge is -2.06. The first kappa shape index (κ1) is 11.0. The van der Waals surface area contributed by atoms with Crippen molar-refractivity contribution in [3.8, 4) is 11.3 Å². The highest BCUT2D eigenvalue weighted by atomic mass is 32.2. The van der Waals surface area contributed by atoms with Gasteiger partial charge in [0.2, 0.25) is 0 Å². The molecule has 2 aromatic rings. The molecule has 2 rings (SSSR count). The van der Waals surface area contributed by atoms with Crippen LogP contribution in [0.5, 0.6) is 0 Å². The fourth-order valence-corrected chi connectivity index (χ4v) is 2.01. The molecule has 1 aromatic carbocycles. The highest BCUT2D eigenvalue weighted by Gasteiger charge is 2.05. The van der Waals surface area contributed by atoms with E-state index in [9.17, 15) is 4.79 Å². The SMILES string of the molecule is CSc1nc(-c2ccccc2)cc(=O)n1C. The van der Waals surface area contributed by atoms with Crippen molar-refractivity contribution < 1.29 is 0 Å². The van der Waals surface area contributed by atoms with Crippen LogP contribution in [0.15, 0.2) is 46.3 Å². The van der Waals surface area contributed by atoms with Gasteiger partial charge in [-0.2, -0.15) is 0 Å². The van der Waals surface area contributed by atoms with Crippen molar-refractivity contribution in [3.63, 3.8) is 0 Å². The summed E-state index contributed by atoms with van der Waals surface area (Å²) in [5.74, 6) is 0. The monoisotopic (exact) mass is 232 g/mol. The van der Waals surface area contributed by atoms with Crippen LogP contribution in [-0.4, -0.2) is 15.8 Å². The zero-order valence-electron chi connectivity index (χ0n) is 9.18. The summed E-state index contributed by atoms with van der Waals surface area (Å²) in [4.78, 5) is 16.2. The number of hydrogen-bond acceptors (Lipinski definition) is 3. The standard InChI is InChI=1S/C12H12N2OS/c1-14-11(15)8-10(13-12(14)16-2)9-6-4-3-5-7-9/h3-8H,1-2H3. The Bertz CT molecular complexity index is 549. The van der Waals surface area contributed by atoms with E-state index in [1.54, 1.807) is 17.7 Å². The third kappa shape index (κ3) is 2.02. The minimum absolute atomic E-state index is 0.0294. The topological polar surface area (TPSA) is 34.9 Å². The number of thioether (sulfide) groups is 1. The first-order chi connectivity index (χ1) is 7.72. The molecule has 16 heavy (non-hydrogen) atoms. The fourth-order valence-electron chi connectivity index (χ4n) is 1.46. The predicted octanol–water partition coefficient (Wildman–Crippen LogP) is 2.17. The van der Waals surface area contributed by atoms with E-state index in [1.807, 2.05) is 36.6 Å². The second kappa shape index (κ2) is 4.53. The summed E-state index contributed by atoms with van der Waals surface area (Å²) < 4.78 is 1.55. The van der Waals surface area contributed by atoms with Crippen LogP contribution in [0.2, 0.25) is 0 Å². The molecular formula is C12H12N2OS. The Morgan fingerprint density at radius 1 is 1.25 bits per heavy atom. The minimum atomic E-state index is -0.0294. The van der Waals surface area contributed by atoms with E-state index < -0.39 is 0 Å². The smallest absolute Gasteiger partial charge is 0.254 e. The van der Waals surface area contributed by atoms with Gasteiger partial charge in [0.05, 0.1) is 5.69 Å². The zero-order valence-corrected chi connectivity index (χ0v) is 9.99. The molecule has 0 saturated carbocycles.